The second-order valence-corrected chi connectivity index (χ2v) is 19.9. The van der Waals surface area contributed by atoms with Crippen molar-refractivity contribution in [2.45, 2.75) is 168 Å². The molecule has 1 saturated carbocycles. The Morgan fingerprint density at radius 1 is 0.892 bits per heavy atom. The summed E-state index contributed by atoms with van der Waals surface area (Å²) in [5.41, 5.74) is 1.14. The van der Waals surface area contributed by atoms with Crippen molar-refractivity contribution in [3.63, 3.8) is 0 Å². The minimum absolute atomic E-state index is 0.00899. The number of piperidine rings is 1. The van der Waals surface area contributed by atoms with Crippen molar-refractivity contribution >= 4 is 29.2 Å². The van der Waals surface area contributed by atoms with Crippen LogP contribution in [0, 0.1) is 47.3 Å². The van der Waals surface area contributed by atoms with E-state index in [1.54, 1.807) is 40.9 Å². The minimum atomic E-state index is -2.44. The number of amides is 1. The van der Waals surface area contributed by atoms with E-state index in [9.17, 15) is 49.5 Å². The fraction of sp³-hybridized carbons (Fsp3) is 0.745. The van der Waals surface area contributed by atoms with Crippen LogP contribution in [0.1, 0.15) is 126 Å². The number of carbonyl (C=O) groups excluding carboxylic acids is 5. The summed E-state index contributed by atoms with van der Waals surface area (Å²) >= 11 is 0. The van der Waals surface area contributed by atoms with Crippen molar-refractivity contribution < 1.29 is 63.7 Å². The summed E-state index contributed by atoms with van der Waals surface area (Å²) in [5.74, 6) is -9.67. The van der Waals surface area contributed by atoms with Crippen molar-refractivity contribution in [1.29, 1.82) is 0 Å². The Bertz CT molecular complexity index is 1760. The number of hydrogen-bond donors (Lipinski definition) is 5. The number of methoxy groups -OCH3 is 1. The molecular formula is C51H79NO13. The van der Waals surface area contributed by atoms with Gasteiger partial charge in [0.1, 0.15) is 17.9 Å². The molecule has 1 unspecified atom stereocenters. The number of hydrogen-bond acceptors (Lipinski definition) is 13. The molecule has 366 valence electrons. The lowest BCUT2D eigenvalue weighted by Gasteiger charge is -2.42. The fourth-order valence-electron chi connectivity index (χ4n) is 10.3. The van der Waals surface area contributed by atoms with E-state index in [0.717, 1.165) is 5.57 Å². The SMILES string of the molecule is CO[C@H]1C[C@@H]2CC[C@@H](C)[C@@](O)(O2)C(=O)C(=O)N2CCCC[C@H]2C(=O)O[C@H]([C@H](C)C[C@@H]2CC[C@@H](O)[C@H](CO)C2)CC(=O)C(C)=CC(C)[C@@H](O)[C@@H](CO)C(=O)[C@H](C)C[C@H](C)C=CC=CC=C1C. The van der Waals surface area contributed by atoms with Crippen molar-refractivity contribution in [2.24, 2.45) is 47.3 Å². The van der Waals surface area contributed by atoms with E-state index < -0.39 is 90.3 Å². The number of esters is 1. The molecule has 0 aromatic rings. The average molecular weight is 914 g/mol. The van der Waals surface area contributed by atoms with Crippen molar-refractivity contribution in [3.8, 4) is 0 Å². The quantitative estimate of drug-likeness (QED) is 0.168. The van der Waals surface area contributed by atoms with Crippen LogP contribution in [-0.4, -0.2) is 129 Å². The van der Waals surface area contributed by atoms with Gasteiger partial charge >= 0.3 is 5.97 Å². The summed E-state index contributed by atoms with van der Waals surface area (Å²) in [6.07, 6.45) is 12.1. The second-order valence-electron chi connectivity index (χ2n) is 19.9. The van der Waals surface area contributed by atoms with Crippen molar-refractivity contribution in [1.82, 2.24) is 4.90 Å². The molecule has 14 nitrogen and oxygen atoms in total. The van der Waals surface area contributed by atoms with Gasteiger partial charge in [-0.1, -0.05) is 71.1 Å². The molecule has 0 spiro atoms. The van der Waals surface area contributed by atoms with Gasteiger partial charge in [0.2, 0.25) is 5.79 Å². The van der Waals surface area contributed by atoms with Gasteiger partial charge in [-0.3, -0.25) is 19.2 Å². The largest absolute Gasteiger partial charge is 0.460 e. The van der Waals surface area contributed by atoms with Crippen LogP contribution in [0.25, 0.3) is 0 Å². The number of allylic oxidation sites excluding steroid dienone is 6. The lowest BCUT2D eigenvalue weighted by molar-refractivity contribution is -0.265. The van der Waals surface area contributed by atoms with Crippen LogP contribution in [0.15, 0.2) is 47.6 Å². The highest BCUT2D eigenvalue weighted by Gasteiger charge is 2.53. The summed E-state index contributed by atoms with van der Waals surface area (Å²) in [5, 5.41) is 54.0. The first-order chi connectivity index (χ1) is 30.7. The smallest absolute Gasteiger partial charge is 0.329 e. The molecule has 4 aliphatic rings. The molecule has 2 bridgehead atoms. The number of aliphatic hydroxyl groups is 5. The maximum atomic E-state index is 14.3. The van der Waals surface area contributed by atoms with Crippen molar-refractivity contribution in [3.05, 3.63) is 47.6 Å². The van der Waals surface area contributed by atoms with E-state index >= 15 is 0 Å². The topological polar surface area (TPSA) is 217 Å². The molecule has 5 N–H and O–H groups in total. The molecule has 3 heterocycles. The maximum absolute atomic E-state index is 14.3. The standard InChI is InChI=1S/C51H79NO13/c1-30-14-10-9-11-15-31(2)44(63-8)26-39-19-17-36(7)51(62,65-39)48(59)49(60)52-21-13-12-16-41(52)50(61)64-45(33(4)24-37-18-20-42(55)38(25-37)28-53)27-43(56)32(3)23-35(6)47(58)40(29-54)46(57)34(5)22-30/h9-11,14-15,23,30,33-42,44-45,47,53-55,58,62H,12-13,16-22,24-29H2,1-8H3/t30-,33-,34-,35?,36-,37+,38+,39+,40+,41+,42-,44+,45+,47-,51-/m1/s1. The van der Waals surface area contributed by atoms with Crippen LogP contribution in [0.4, 0.5) is 0 Å². The zero-order valence-corrected chi connectivity index (χ0v) is 40.1. The van der Waals surface area contributed by atoms with E-state index in [2.05, 4.69) is 0 Å². The monoisotopic (exact) mass is 914 g/mol. The second kappa shape index (κ2) is 25.1. The number of cyclic esters (lactones) is 1. The van der Waals surface area contributed by atoms with Gasteiger partial charge in [0.25, 0.3) is 11.7 Å². The van der Waals surface area contributed by atoms with E-state index in [0.29, 0.717) is 64.2 Å². The van der Waals surface area contributed by atoms with Crippen LogP contribution in [0.2, 0.25) is 0 Å². The number of ketones is 3. The average Bonchev–Trinajstić information content (AvgIpc) is 3.28. The van der Waals surface area contributed by atoms with E-state index in [4.69, 9.17) is 14.2 Å². The van der Waals surface area contributed by atoms with Gasteiger partial charge in [0.15, 0.2) is 5.78 Å². The van der Waals surface area contributed by atoms with Crippen LogP contribution in [-0.2, 0) is 38.2 Å². The predicted molar refractivity (Wildman–Crippen MR) is 245 cm³/mol. The van der Waals surface area contributed by atoms with E-state index in [1.165, 1.54) is 4.90 Å². The van der Waals surface area contributed by atoms with Gasteiger partial charge in [0, 0.05) is 56.8 Å². The molecule has 0 aromatic heterocycles. The molecule has 1 aliphatic carbocycles. The normalized spacial score (nSPS) is 37.8. The van der Waals surface area contributed by atoms with Crippen LogP contribution < -0.4 is 0 Å². The third-order valence-corrected chi connectivity index (χ3v) is 14.7. The number of ether oxygens (including phenoxy) is 3. The molecule has 3 aliphatic heterocycles. The Balaban J connectivity index is 1.70. The Morgan fingerprint density at radius 3 is 2.29 bits per heavy atom. The number of aliphatic hydroxyl groups excluding tert-OH is 4. The maximum Gasteiger partial charge on any atom is 0.329 e. The summed E-state index contributed by atoms with van der Waals surface area (Å²) in [6, 6.07) is -1.17. The molecule has 2 saturated heterocycles. The molecule has 65 heavy (non-hydrogen) atoms. The molecule has 0 radical (unpaired) electrons. The van der Waals surface area contributed by atoms with Gasteiger partial charge in [-0.05, 0) is 107 Å². The van der Waals surface area contributed by atoms with Crippen molar-refractivity contribution in [2.75, 3.05) is 26.9 Å². The highest BCUT2D eigenvalue weighted by atomic mass is 16.6. The van der Waals surface area contributed by atoms with Crippen LogP contribution >= 0.6 is 0 Å². The third-order valence-electron chi connectivity index (χ3n) is 14.7. The van der Waals surface area contributed by atoms with Gasteiger partial charge < -0.3 is 44.6 Å². The first-order valence-electron chi connectivity index (χ1n) is 24.1. The Kier molecular flexibility index (Phi) is 21.0. The lowest BCUT2D eigenvalue weighted by atomic mass is 9.75. The molecule has 4 rings (SSSR count). The number of Topliss-reactive ketones (excluding diaryl/α,β-unsaturated/α-hetero) is 3. The summed E-state index contributed by atoms with van der Waals surface area (Å²) in [6.45, 7) is 11.8. The van der Waals surface area contributed by atoms with Crippen LogP contribution in [0.5, 0.6) is 0 Å². The zero-order chi connectivity index (χ0) is 48.2. The minimum Gasteiger partial charge on any atom is -0.460 e. The highest BCUT2D eigenvalue weighted by Crippen LogP contribution is 2.38. The van der Waals surface area contributed by atoms with E-state index in [1.807, 2.05) is 51.2 Å². The Morgan fingerprint density at radius 2 is 1.62 bits per heavy atom. The molecule has 0 aromatic carbocycles. The molecular weight excluding hydrogens is 835 g/mol. The molecule has 1 amide bonds. The van der Waals surface area contributed by atoms with Gasteiger partial charge in [-0.25, -0.2) is 4.79 Å². The fourth-order valence-corrected chi connectivity index (χ4v) is 10.3. The van der Waals surface area contributed by atoms with E-state index in [-0.39, 0.29) is 66.8 Å². The van der Waals surface area contributed by atoms with Gasteiger partial charge in [-0.15, -0.1) is 0 Å². The zero-order valence-electron chi connectivity index (χ0n) is 40.1. The summed E-state index contributed by atoms with van der Waals surface area (Å²) in [4.78, 5) is 71.6. The predicted octanol–water partition coefficient (Wildman–Crippen LogP) is 5.37. The first-order valence-corrected chi connectivity index (χ1v) is 24.1. The summed E-state index contributed by atoms with van der Waals surface area (Å²) < 4.78 is 18.2. The van der Waals surface area contributed by atoms with Gasteiger partial charge in [-0.2, -0.15) is 0 Å². The first kappa shape index (κ1) is 54.2. The Labute approximate surface area is 386 Å². The summed E-state index contributed by atoms with van der Waals surface area (Å²) in [7, 11) is 1.57. The van der Waals surface area contributed by atoms with Gasteiger partial charge in [0.05, 0.1) is 36.9 Å². The number of nitrogens with zero attached hydrogens (tertiary/aromatic N) is 1. The molecule has 3 fully saturated rings. The number of rotatable bonds is 6. The Hall–Kier alpha value is -3.37. The highest BCUT2D eigenvalue weighted by molar-refractivity contribution is 6.39. The number of fused-ring (bicyclic) bond motifs is 3. The molecule has 14 heteroatoms. The van der Waals surface area contributed by atoms with Crippen LogP contribution in [0.3, 0.4) is 0 Å². The molecule has 15 atom stereocenters. The number of carbonyl (C=O) groups is 5. The third kappa shape index (κ3) is 14.3. The lowest BCUT2D eigenvalue weighted by Crippen LogP contribution is -2.61.